The van der Waals surface area contributed by atoms with E-state index < -0.39 is 37.8 Å². The molecule has 0 unspecified atom stereocenters. The van der Waals surface area contributed by atoms with Gasteiger partial charge in [0.1, 0.15) is 0 Å². The molecule has 0 atom stereocenters. The molecule has 0 aromatic carbocycles. The molecular weight excluding hydrogens is 204 g/mol. The van der Waals surface area contributed by atoms with Gasteiger partial charge in [-0.15, -0.1) is 0 Å². The second-order valence-corrected chi connectivity index (χ2v) is 2.57. The van der Waals surface area contributed by atoms with E-state index in [0.717, 1.165) is 6.08 Å². The second-order valence-electron chi connectivity index (χ2n) is 2.57. The zero-order chi connectivity index (χ0) is 11.2. The summed E-state index contributed by atoms with van der Waals surface area (Å²) in [7, 11) is 0. The predicted octanol–water partition coefficient (Wildman–Crippen LogP) is 2.40. The van der Waals surface area contributed by atoms with E-state index in [1.165, 1.54) is 0 Å². The van der Waals surface area contributed by atoms with Crippen molar-refractivity contribution >= 4 is 5.97 Å². The summed E-state index contributed by atoms with van der Waals surface area (Å²) in [6.45, 7) is 2.45. The molecule has 14 heavy (non-hydrogen) atoms. The Hall–Kier alpha value is -1.07. The summed E-state index contributed by atoms with van der Waals surface area (Å²) in [5.41, 5.74) is 0. The summed E-state index contributed by atoms with van der Waals surface area (Å²) in [4.78, 5) is 10.4. The molecule has 0 fully saturated rings. The Balaban J connectivity index is 3.75. The fourth-order valence-corrected chi connectivity index (χ4v) is 0.688. The van der Waals surface area contributed by atoms with Gasteiger partial charge in [-0.3, -0.25) is 0 Å². The van der Waals surface area contributed by atoms with Crippen molar-refractivity contribution in [2.75, 3.05) is 6.61 Å². The molecule has 0 amide bonds. The number of esters is 1. The van der Waals surface area contributed by atoms with Crippen molar-refractivity contribution in [2.24, 2.45) is 0 Å². The van der Waals surface area contributed by atoms with Crippen molar-refractivity contribution in [1.29, 1.82) is 0 Å². The molecule has 0 aliphatic heterocycles. The zero-order valence-corrected chi connectivity index (χ0v) is 7.31. The van der Waals surface area contributed by atoms with Gasteiger partial charge >= 0.3 is 5.97 Å². The first-order chi connectivity index (χ1) is 6.37. The van der Waals surface area contributed by atoms with Crippen LogP contribution >= 0.6 is 0 Å². The van der Waals surface area contributed by atoms with Gasteiger partial charge in [0.25, 0.3) is 5.92 Å². The third-order valence-corrected chi connectivity index (χ3v) is 1.33. The Morgan fingerprint density at radius 3 is 2.50 bits per heavy atom. The number of ether oxygens (including phenoxy) is 1. The van der Waals surface area contributed by atoms with E-state index >= 15 is 0 Å². The van der Waals surface area contributed by atoms with Crippen LogP contribution in [-0.2, 0) is 9.53 Å². The molecule has 0 saturated carbocycles. The summed E-state index contributed by atoms with van der Waals surface area (Å²) in [6.07, 6.45) is -4.68. The van der Waals surface area contributed by atoms with Crippen LogP contribution in [0.4, 0.5) is 17.6 Å². The number of hydrogen-bond acceptors (Lipinski definition) is 2. The van der Waals surface area contributed by atoms with Crippen molar-refractivity contribution in [2.45, 2.75) is 25.2 Å². The molecule has 0 bridgehead atoms. The molecular formula is C8H10F4O2. The number of carbonyl (C=O) groups is 1. The lowest BCUT2D eigenvalue weighted by molar-refractivity contribution is -0.140. The lowest BCUT2D eigenvalue weighted by atomic mass is 10.2. The van der Waals surface area contributed by atoms with Crippen LogP contribution in [0.1, 0.15) is 12.8 Å². The molecule has 0 aromatic heterocycles. The van der Waals surface area contributed by atoms with E-state index in [4.69, 9.17) is 0 Å². The molecule has 0 heterocycles. The maximum atomic E-state index is 12.5. The number of hydrogen-bond donors (Lipinski definition) is 0. The maximum absolute atomic E-state index is 12.5. The number of alkyl halides is 4. The topological polar surface area (TPSA) is 26.3 Å². The lowest BCUT2D eigenvalue weighted by Gasteiger charge is -2.14. The highest BCUT2D eigenvalue weighted by molar-refractivity contribution is 5.81. The summed E-state index contributed by atoms with van der Waals surface area (Å²) in [5.74, 6) is -4.35. The highest BCUT2D eigenvalue weighted by atomic mass is 19.3. The fraction of sp³-hybridized carbons (Fsp3) is 0.625. The minimum absolute atomic E-state index is 0.593. The van der Waals surface area contributed by atoms with Crippen molar-refractivity contribution in [3.8, 4) is 0 Å². The van der Waals surface area contributed by atoms with Gasteiger partial charge < -0.3 is 4.74 Å². The molecule has 82 valence electrons. The normalized spacial score (nSPS) is 11.5. The first kappa shape index (κ1) is 12.9. The average molecular weight is 214 g/mol. The molecule has 6 heteroatoms. The molecule has 0 spiro atoms. The molecule has 2 nitrogen and oxygen atoms in total. The van der Waals surface area contributed by atoms with Crippen LogP contribution in [0, 0.1) is 0 Å². The Morgan fingerprint density at radius 2 is 2.07 bits per heavy atom. The van der Waals surface area contributed by atoms with Crippen molar-refractivity contribution < 1.29 is 27.1 Å². The monoisotopic (exact) mass is 214 g/mol. The zero-order valence-electron chi connectivity index (χ0n) is 7.31. The van der Waals surface area contributed by atoms with E-state index in [1.54, 1.807) is 0 Å². The average Bonchev–Trinajstić information content (AvgIpc) is 2.01. The molecule has 0 aliphatic rings. The van der Waals surface area contributed by atoms with Crippen molar-refractivity contribution in [3.63, 3.8) is 0 Å². The standard InChI is InChI=1S/C8H10F4O2/c1-2-7(13)14-4-3-8(11,12)5-6(9)10/h2,6H,1,3-5H2. The third kappa shape index (κ3) is 6.45. The van der Waals surface area contributed by atoms with Gasteiger partial charge in [-0.1, -0.05) is 6.58 Å². The van der Waals surface area contributed by atoms with Gasteiger partial charge in [0.2, 0.25) is 6.43 Å². The summed E-state index contributed by atoms with van der Waals surface area (Å²) in [6, 6.07) is 0. The van der Waals surface area contributed by atoms with Gasteiger partial charge in [-0.25, -0.2) is 22.4 Å². The number of halogens is 4. The van der Waals surface area contributed by atoms with Crippen LogP contribution in [0.15, 0.2) is 12.7 Å². The minimum Gasteiger partial charge on any atom is -0.462 e. The Labute approximate surface area is 78.5 Å². The molecule has 0 aliphatic carbocycles. The van der Waals surface area contributed by atoms with E-state index in [2.05, 4.69) is 11.3 Å². The van der Waals surface area contributed by atoms with E-state index in [9.17, 15) is 22.4 Å². The Kier molecular flexibility index (Phi) is 5.19. The minimum atomic E-state index is -3.50. The van der Waals surface area contributed by atoms with Crippen molar-refractivity contribution in [1.82, 2.24) is 0 Å². The Morgan fingerprint density at radius 1 is 1.50 bits per heavy atom. The summed E-state index contributed by atoms with van der Waals surface area (Å²) < 4.78 is 52.4. The largest absolute Gasteiger partial charge is 0.462 e. The summed E-state index contributed by atoms with van der Waals surface area (Å²) in [5, 5.41) is 0. The number of carbonyl (C=O) groups excluding carboxylic acids is 1. The Bertz CT molecular complexity index is 204. The first-order valence-corrected chi connectivity index (χ1v) is 3.82. The van der Waals surface area contributed by atoms with E-state index in [0.29, 0.717) is 0 Å². The highest BCUT2D eigenvalue weighted by Gasteiger charge is 2.32. The van der Waals surface area contributed by atoms with Crippen LogP contribution in [0.2, 0.25) is 0 Å². The summed E-state index contributed by atoms with van der Waals surface area (Å²) >= 11 is 0. The molecule has 0 N–H and O–H groups in total. The van der Waals surface area contributed by atoms with Crippen molar-refractivity contribution in [3.05, 3.63) is 12.7 Å². The van der Waals surface area contributed by atoms with Gasteiger partial charge in [0.15, 0.2) is 0 Å². The SMILES string of the molecule is C=CC(=O)OCCC(F)(F)CC(F)F. The van der Waals surface area contributed by atoms with Crippen LogP contribution in [0.25, 0.3) is 0 Å². The molecule has 0 rings (SSSR count). The quantitative estimate of drug-likeness (QED) is 0.385. The molecule has 0 saturated heterocycles. The van der Waals surface area contributed by atoms with Gasteiger partial charge in [-0.2, -0.15) is 0 Å². The van der Waals surface area contributed by atoms with Gasteiger partial charge in [-0.05, 0) is 0 Å². The maximum Gasteiger partial charge on any atom is 0.330 e. The van der Waals surface area contributed by atoms with Crippen LogP contribution in [-0.4, -0.2) is 24.9 Å². The van der Waals surface area contributed by atoms with Gasteiger partial charge in [0, 0.05) is 12.5 Å². The number of rotatable bonds is 6. The highest BCUT2D eigenvalue weighted by Crippen LogP contribution is 2.26. The van der Waals surface area contributed by atoms with Gasteiger partial charge in [0.05, 0.1) is 13.0 Å². The van der Waals surface area contributed by atoms with Crippen LogP contribution in [0.5, 0.6) is 0 Å². The molecule has 0 aromatic rings. The van der Waals surface area contributed by atoms with Crippen LogP contribution < -0.4 is 0 Å². The van der Waals surface area contributed by atoms with E-state index in [-0.39, 0.29) is 0 Å². The fourth-order valence-electron chi connectivity index (χ4n) is 0.688. The first-order valence-electron chi connectivity index (χ1n) is 3.82. The third-order valence-electron chi connectivity index (χ3n) is 1.33. The lowest BCUT2D eigenvalue weighted by Crippen LogP contribution is -2.22. The van der Waals surface area contributed by atoms with Crippen LogP contribution in [0.3, 0.4) is 0 Å². The molecule has 0 radical (unpaired) electrons. The predicted molar refractivity (Wildman–Crippen MR) is 41.3 cm³/mol. The smallest absolute Gasteiger partial charge is 0.330 e. The van der Waals surface area contributed by atoms with E-state index in [1.807, 2.05) is 0 Å². The second kappa shape index (κ2) is 5.62.